The van der Waals surface area contributed by atoms with Crippen molar-refractivity contribution in [2.24, 2.45) is 0 Å². The lowest BCUT2D eigenvalue weighted by Crippen LogP contribution is -2.14. The third-order valence-corrected chi connectivity index (χ3v) is 3.38. The van der Waals surface area contributed by atoms with Crippen molar-refractivity contribution in [1.82, 2.24) is 5.32 Å². The molecule has 2 aromatic rings. The summed E-state index contributed by atoms with van der Waals surface area (Å²) in [4.78, 5) is 0. The monoisotopic (exact) mass is 271 g/mol. The topological polar surface area (TPSA) is 41.5 Å². The van der Waals surface area contributed by atoms with Gasteiger partial charge in [-0.15, -0.1) is 0 Å². The van der Waals surface area contributed by atoms with Crippen molar-refractivity contribution in [3.8, 4) is 11.5 Å². The minimum Gasteiger partial charge on any atom is -0.457 e. The molecule has 0 aromatic heterocycles. The Morgan fingerprint density at radius 2 is 1.55 bits per heavy atom. The Kier molecular flexibility index (Phi) is 5.16. The van der Waals surface area contributed by atoms with Crippen LogP contribution in [0.1, 0.15) is 30.5 Å². The lowest BCUT2D eigenvalue weighted by molar-refractivity contribution is 0.281. The molecule has 0 heterocycles. The van der Waals surface area contributed by atoms with E-state index >= 15 is 0 Å². The minimum absolute atomic E-state index is 0.0530. The van der Waals surface area contributed by atoms with E-state index in [-0.39, 0.29) is 6.61 Å². The summed E-state index contributed by atoms with van der Waals surface area (Å²) in [7, 11) is 1.97. The van der Waals surface area contributed by atoms with E-state index in [2.05, 4.69) is 24.4 Å². The zero-order valence-electron chi connectivity index (χ0n) is 12.0. The standard InChI is InChI=1S/C17H21NO2/c1-3-17(18-2)14-6-10-16(11-7-14)20-15-8-4-13(12-19)5-9-15/h4-11,17-19H,3,12H2,1-2H3. The summed E-state index contributed by atoms with van der Waals surface area (Å²) < 4.78 is 5.78. The van der Waals surface area contributed by atoms with Crippen LogP contribution in [0.15, 0.2) is 48.5 Å². The number of aliphatic hydroxyl groups excluding tert-OH is 1. The fourth-order valence-corrected chi connectivity index (χ4v) is 2.17. The van der Waals surface area contributed by atoms with Crippen LogP contribution in [0, 0.1) is 0 Å². The summed E-state index contributed by atoms with van der Waals surface area (Å²) in [6.45, 7) is 2.21. The van der Waals surface area contributed by atoms with Gasteiger partial charge in [-0.3, -0.25) is 0 Å². The molecule has 1 atom stereocenters. The summed E-state index contributed by atoms with van der Waals surface area (Å²) >= 11 is 0. The van der Waals surface area contributed by atoms with Crippen LogP contribution in [0.2, 0.25) is 0 Å². The van der Waals surface area contributed by atoms with E-state index < -0.39 is 0 Å². The van der Waals surface area contributed by atoms with Crippen LogP contribution in [-0.4, -0.2) is 12.2 Å². The maximum absolute atomic E-state index is 9.00. The smallest absolute Gasteiger partial charge is 0.127 e. The highest BCUT2D eigenvalue weighted by Crippen LogP contribution is 2.24. The first kappa shape index (κ1) is 14.6. The summed E-state index contributed by atoms with van der Waals surface area (Å²) in [5.74, 6) is 1.59. The van der Waals surface area contributed by atoms with Gasteiger partial charge in [0, 0.05) is 6.04 Å². The zero-order chi connectivity index (χ0) is 14.4. The zero-order valence-corrected chi connectivity index (χ0v) is 12.0. The molecular weight excluding hydrogens is 250 g/mol. The van der Waals surface area contributed by atoms with Crippen LogP contribution >= 0.6 is 0 Å². The van der Waals surface area contributed by atoms with Gasteiger partial charge in [-0.1, -0.05) is 31.2 Å². The molecule has 0 aliphatic rings. The van der Waals surface area contributed by atoms with Crippen molar-refractivity contribution >= 4 is 0 Å². The Bertz CT molecular complexity index is 516. The first-order chi connectivity index (χ1) is 9.76. The number of ether oxygens (including phenoxy) is 1. The van der Waals surface area contributed by atoms with Crippen LogP contribution in [0.25, 0.3) is 0 Å². The molecule has 0 bridgehead atoms. The highest BCUT2D eigenvalue weighted by Gasteiger charge is 2.06. The van der Waals surface area contributed by atoms with Crippen molar-refractivity contribution in [3.63, 3.8) is 0 Å². The molecule has 0 aliphatic carbocycles. The molecule has 0 amide bonds. The van der Waals surface area contributed by atoms with Crippen molar-refractivity contribution in [3.05, 3.63) is 59.7 Å². The van der Waals surface area contributed by atoms with Crippen LogP contribution < -0.4 is 10.1 Å². The van der Waals surface area contributed by atoms with Crippen LogP contribution in [-0.2, 0) is 6.61 Å². The molecule has 3 heteroatoms. The second-order valence-electron chi connectivity index (χ2n) is 4.72. The summed E-state index contributed by atoms with van der Waals surface area (Å²) in [6, 6.07) is 16.0. The van der Waals surface area contributed by atoms with Gasteiger partial charge in [0.2, 0.25) is 0 Å². The summed E-state index contributed by atoms with van der Waals surface area (Å²) in [6.07, 6.45) is 1.05. The first-order valence-electron chi connectivity index (χ1n) is 6.91. The fraction of sp³-hybridized carbons (Fsp3) is 0.294. The second kappa shape index (κ2) is 7.08. The predicted octanol–water partition coefficient (Wildman–Crippen LogP) is 3.64. The van der Waals surface area contributed by atoms with Crippen molar-refractivity contribution in [2.75, 3.05) is 7.05 Å². The number of hydrogen-bond acceptors (Lipinski definition) is 3. The predicted molar refractivity (Wildman–Crippen MR) is 81.0 cm³/mol. The molecule has 20 heavy (non-hydrogen) atoms. The lowest BCUT2D eigenvalue weighted by Gasteiger charge is -2.14. The Morgan fingerprint density at radius 1 is 1.00 bits per heavy atom. The maximum atomic E-state index is 9.00. The first-order valence-corrected chi connectivity index (χ1v) is 6.91. The largest absolute Gasteiger partial charge is 0.457 e. The Morgan fingerprint density at radius 3 is 2.00 bits per heavy atom. The molecule has 3 nitrogen and oxygen atoms in total. The van der Waals surface area contributed by atoms with Crippen molar-refractivity contribution in [2.45, 2.75) is 26.0 Å². The van der Waals surface area contributed by atoms with E-state index in [0.717, 1.165) is 23.5 Å². The molecule has 2 N–H and O–H groups in total. The SMILES string of the molecule is CCC(NC)c1ccc(Oc2ccc(CO)cc2)cc1. The van der Waals surface area contributed by atoms with E-state index in [1.165, 1.54) is 5.56 Å². The molecule has 0 aliphatic heterocycles. The van der Waals surface area contributed by atoms with Crippen molar-refractivity contribution in [1.29, 1.82) is 0 Å². The van der Waals surface area contributed by atoms with E-state index in [0.29, 0.717) is 6.04 Å². The Balaban J connectivity index is 2.06. The number of rotatable bonds is 6. The maximum Gasteiger partial charge on any atom is 0.127 e. The number of aliphatic hydroxyl groups is 1. The van der Waals surface area contributed by atoms with Gasteiger partial charge in [0.15, 0.2) is 0 Å². The van der Waals surface area contributed by atoms with Crippen LogP contribution in [0.3, 0.4) is 0 Å². The van der Waals surface area contributed by atoms with Gasteiger partial charge in [0.1, 0.15) is 11.5 Å². The van der Waals surface area contributed by atoms with Gasteiger partial charge in [0.05, 0.1) is 6.61 Å². The molecule has 2 rings (SSSR count). The summed E-state index contributed by atoms with van der Waals surface area (Å²) in [5.41, 5.74) is 2.14. The molecule has 0 spiro atoms. The third kappa shape index (κ3) is 3.59. The summed E-state index contributed by atoms with van der Waals surface area (Å²) in [5, 5.41) is 12.3. The van der Waals surface area contributed by atoms with Gasteiger partial charge >= 0.3 is 0 Å². The van der Waals surface area contributed by atoms with Gasteiger partial charge in [-0.2, -0.15) is 0 Å². The molecule has 2 aromatic carbocycles. The fourth-order valence-electron chi connectivity index (χ4n) is 2.17. The molecular formula is C17H21NO2. The number of nitrogens with one attached hydrogen (secondary N) is 1. The van der Waals surface area contributed by atoms with E-state index in [4.69, 9.17) is 9.84 Å². The second-order valence-corrected chi connectivity index (χ2v) is 4.72. The number of hydrogen-bond donors (Lipinski definition) is 2. The quantitative estimate of drug-likeness (QED) is 0.842. The molecule has 0 fully saturated rings. The van der Waals surface area contributed by atoms with Crippen LogP contribution in [0.5, 0.6) is 11.5 Å². The molecule has 1 unspecified atom stereocenters. The highest BCUT2D eigenvalue weighted by molar-refractivity contribution is 5.35. The molecule has 106 valence electrons. The number of benzene rings is 2. The molecule has 0 saturated carbocycles. The normalized spacial score (nSPS) is 12.2. The minimum atomic E-state index is 0.0530. The third-order valence-electron chi connectivity index (χ3n) is 3.38. The lowest BCUT2D eigenvalue weighted by atomic mass is 10.0. The average Bonchev–Trinajstić information content (AvgIpc) is 2.51. The van der Waals surface area contributed by atoms with E-state index in [1.807, 2.05) is 43.4 Å². The van der Waals surface area contributed by atoms with Gasteiger partial charge in [-0.25, -0.2) is 0 Å². The van der Waals surface area contributed by atoms with Gasteiger partial charge in [-0.05, 0) is 48.9 Å². The van der Waals surface area contributed by atoms with Gasteiger partial charge in [0.25, 0.3) is 0 Å². The average molecular weight is 271 g/mol. The van der Waals surface area contributed by atoms with Crippen molar-refractivity contribution < 1.29 is 9.84 Å². The van der Waals surface area contributed by atoms with E-state index in [9.17, 15) is 0 Å². The molecule has 0 radical (unpaired) electrons. The van der Waals surface area contributed by atoms with Crippen LogP contribution in [0.4, 0.5) is 0 Å². The van der Waals surface area contributed by atoms with E-state index in [1.54, 1.807) is 0 Å². The van der Waals surface area contributed by atoms with Gasteiger partial charge < -0.3 is 15.2 Å². The molecule has 0 saturated heterocycles. The Hall–Kier alpha value is -1.84. The Labute approximate surface area is 120 Å². The highest BCUT2D eigenvalue weighted by atomic mass is 16.5.